The average Bonchev–Trinajstić information content (AvgIpc) is 3.29. The zero-order valence-electron chi connectivity index (χ0n) is 18.4. The van der Waals surface area contributed by atoms with E-state index in [0.29, 0.717) is 0 Å². The lowest BCUT2D eigenvalue weighted by Gasteiger charge is -2.35. The molecule has 2 saturated carbocycles. The van der Waals surface area contributed by atoms with Gasteiger partial charge in [-0.15, -0.1) is 0 Å². The third kappa shape index (κ3) is 6.29. The molecule has 1 aromatic carbocycles. The smallest absolute Gasteiger partial charge is 0.0208 e. The molecule has 0 radical (unpaired) electrons. The first-order valence-corrected chi connectivity index (χ1v) is 12.6. The first-order chi connectivity index (χ1) is 14.4. The van der Waals surface area contributed by atoms with Crippen LogP contribution < -0.4 is 16.0 Å². The van der Waals surface area contributed by atoms with Crippen molar-refractivity contribution in [1.82, 2.24) is 16.0 Å². The van der Waals surface area contributed by atoms with E-state index in [1.807, 2.05) is 0 Å². The lowest BCUT2D eigenvalue weighted by molar-refractivity contribution is 0.185. The highest BCUT2D eigenvalue weighted by molar-refractivity contribution is 5.28. The van der Waals surface area contributed by atoms with Crippen molar-refractivity contribution in [2.24, 2.45) is 17.8 Å². The molecule has 29 heavy (non-hydrogen) atoms. The van der Waals surface area contributed by atoms with Gasteiger partial charge >= 0.3 is 0 Å². The summed E-state index contributed by atoms with van der Waals surface area (Å²) >= 11 is 0. The predicted molar refractivity (Wildman–Crippen MR) is 123 cm³/mol. The Bertz CT molecular complexity index is 538. The van der Waals surface area contributed by atoms with E-state index in [-0.39, 0.29) is 0 Å². The van der Waals surface area contributed by atoms with Gasteiger partial charge in [-0.2, -0.15) is 0 Å². The molecule has 2 saturated heterocycles. The second kappa shape index (κ2) is 11.5. The van der Waals surface area contributed by atoms with Crippen molar-refractivity contribution in [3.63, 3.8) is 0 Å². The highest BCUT2D eigenvalue weighted by Crippen LogP contribution is 2.33. The van der Waals surface area contributed by atoms with Crippen LogP contribution in [0.15, 0.2) is 24.3 Å². The summed E-state index contributed by atoms with van der Waals surface area (Å²) in [7, 11) is 0. The standard InChI is InChI=1S/C9H17N.C9H11N.C8H15N/c2*1-2-4-9-7-10-6-5-8(9)3-1;1-2-4-8-7(3-1)5-6-9-8/h8-10H,1-7H2;1-4,10H,5-7H2;7-9H,1-6H2. The maximum Gasteiger partial charge on any atom is 0.0208 e. The number of hydrogen-bond acceptors (Lipinski definition) is 3. The number of fused-ring (bicyclic) bond motifs is 3. The van der Waals surface area contributed by atoms with Gasteiger partial charge in [-0.3, -0.25) is 0 Å². The summed E-state index contributed by atoms with van der Waals surface area (Å²) < 4.78 is 0. The van der Waals surface area contributed by atoms with Crippen molar-refractivity contribution in [1.29, 1.82) is 0 Å². The summed E-state index contributed by atoms with van der Waals surface area (Å²) in [4.78, 5) is 0. The van der Waals surface area contributed by atoms with Crippen LogP contribution in [0, 0.1) is 17.8 Å². The molecule has 3 nitrogen and oxygen atoms in total. The van der Waals surface area contributed by atoms with Crippen molar-refractivity contribution in [3.05, 3.63) is 35.4 Å². The summed E-state index contributed by atoms with van der Waals surface area (Å²) in [6.45, 7) is 6.06. The van der Waals surface area contributed by atoms with E-state index in [0.717, 1.165) is 36.9 Å². The second-order valence-corrected chi connectivity index (χ2v) is 9.89. The van der Waals surface area contributed by atoms with Crippen LogP contribution in [0.5, 0.6) is 0 Å². The van der Waals surface area contributed by atoms with Crippen LogP contribution in [0.2, 0.25) is 0 Å². The molecular weight excluding hydrogens is 354 g/mol. The van der Waals surface area contributed by atoms with Gasteiger partial charge in [0.15, 0.2) is 0 Å². The lowest BCUT2D eigenvalue weighted by atomic mass is 9.76. The molecule has 3 aliphatic heterocycles. The Labute approximate surface area is 178 Å². The average molecular weight is 398 g/mol. The number of nitrogens with one attached hydrogen (secondary N) is 3. The summed E-state index contributed by atoms with van der Waals surface area (Å²) in [5.41, 5.74) is 2.98. The van der Waals surface area contributed by atoms with Gasteiger partial charge in [-0.05, 0) is 93.6 Å². The molecule has 3 N–H and O–H groups in total. The zero-order chi connectivity index (χ0) is 19.7. The number of hydrogen-bond donors (Lipinski definition) is 3. The van der Waals surface area contributed by atoms with Crippen LogP contribution in [0.4, 0.5) is 0 Å². The molecule has 1 aromatic rings. The summed E-state index contributed by atoms with van der Waals surface area (Å²) in [6.07, 6.45) is 16.0. The molecule has 0 aromatic heterocycles. The summed E-state index contributed by atoms with van der Waals surface area (Å²) in [5.74, 6) is 3.19. The first-order valence-electron chi connectivity index (χ1n) is 12.6. The molecule has 3 heterocycles. The molecule has 162 valence electrons. The topological polar surface area (TPSA) is 36.1 Å². The highest BCUT2D eigenvalue weighted by Gasteiger charge is 2.28. The highest BCUT2D eigenvalue weighted by atomic mass is 15.0. The SMILES string of the molecule is C1CCC2CNCCC2C1.C1CCC2NCCC2C1.c1ccc2c(c1)CCNC2. The van der Waals surface area contributed by atoms with Gasteiger partial charge < -0.3 is 16.0 Å². The van der Waals surface area contributed by atoms with Crippen molar-refractivity contribution in [2.75, 3.05) is 26.2 Å². The van der Waals surface area contributed by atoms with E-state index >= 15 is 0 Å². The van der Waals surface area contributed by atoms with Crippen LogP contribution in [-0.4, -0.2) is 32.2 Å². The Morgan fingerprint density at radius 3 is 2.14 bits per heavy atom. The molecule has 0 bridgehead atoms. The van der Waals surface area contributed by atoms with Crippen LogP contribution in [0.3, 0.4) is 0 Å². The van der Waals surface area contributed by atoms with Crippen molar-refractivity contribution < 1.29 is 0 Å². The van der Waals surface area contributed by atoms with Crippen LogP contribution >= 0.6 is 0 Å². The van der Waals surface area contributed by atoms with Crippen molar-refractivity contribution >= 4 is 0 Å². The molecule has 4 atom stereocenters. The predicted octanol–water partition coefficient (Wildman–Crippen LogP) is 4.66. The zero-order valence-corrected chi connectivity index (χ0v) is 18.4. The fraction of sp³-hybridized carbons (Fsp3) is 0.769. The van der Waals surface area contributed by atoms with Crippen molar-refractivity contribution in [2.45, 2.75) is 83.2 Å². The third-order valence-electron chi connectivity index (χ3n) is 8.00. The maximum atomic E-state index is 3.56. The quantitative estimate of drug-likeness (QED) is 0.596. The summed E-state index contributed by atoms with van der Waals surface area (Å²) in [6, 6.07) is 9.55. The van der Waals surface area contributed by atoms with Gasteiger partial charge in [0, 0.05) is 12.6 Å². The minimum absolute atomic E-state index is 0.916. The largest absolute Gasteiger partial charge is 0.316 e. The molecular formula is C26H43N3. The second-order valence-electron chi connectivity index (χ2n) is 9.89. The van der Waals surface area contributed by atoms with Crippen LogP contribution in [0.1, 0.15) is 75.3 Å². The summed E-state index contributed by atoms with van der Waals surface area (Å²) in [5, 5.41) is 10.4. The lowest BCUT2D eigenvalue weighted by Crippen LogP contribution is -2.38. The molecule has 0 amide bonds. The Morgan fingerprint density at radius 2 is 1.34 bits per heavy atom. The van der Waals surface area contributed by atoms with E-state index in [9.17, 15) is 0 Å². The monoisotopic (exact) mass is 397 g/mol. The van der Waals surface area contributed by atoms with Crippen molar-refractivity contribution in [3.8, 4) is 0 Å². The molecule has 4 fully saturated rings. The van der Waals surface area contributed by atoms with Crippen LogP contribution in [-0.2, 0) is 13.0 Å². The Hall–Kier alpha value is -0.900. The Kier molecular flexibility index (Phi) is 8.45. The Balaban J connectivity index is 0.000000106. The minimum Gasteiger partial charge on any atom is -0.316 e. The normalized spacial score (nSPS) is 33.0. The fourth-order valence-electron chi connectivity index (χ4n) is 6.20. The van der Waals surface area contributed by atoms with Gasteiger partial charge in [-0.25, -0.2) is 0 Å². The molecule has 5 aliphatic rings. The molecule has 2 aliphatic carbocycles. The van der Waals surface area contributed by atoms with E-state index in [1.165, 1.54) is 101 Å². The number of benzene rings is 1. The molecule has 4 unspecified atom stereocenters. The van der Waals surface area contributed by atoms with Gasteiger partial charge in [0.1, 0.15) is 0 Å². The van der Waals surface area contributed by atoms with E-state index in [1.54, 1.807) is 0 Å². The van der Waals surface area contributed by atoms with Gasteiger partial charge in [-0.1, -0.05) is 56.4 Å². The van der Waals surface area contributed by atoms with E-state index < -0.39 is 0 Å². The van der Waals surface area contributed by atoms with E-state index in [4.69, 9.17) is 0 Å². The van der Waals surface area contributed by atoms with E-state index in [2.05, 4.69) is 40.2 Å². The fourth-order valence-corrected chi connectivity index (χ4v) is 6.20. The third-order valence-corrected chi connectivity index (χ3v) is 8.00. The molecule has 6 rings (SSSR count). The first kappa shape index (κ1) is 21.3. The maximum absolute atomic E-state index is 3.56. The van der Waals surface area contributed by atoms with Gasteiger partial charge in [0.2, 0.25) is 0 Å². The van der Waals surface area contributed by atoms with Crippen LogP contribution in [0.25, 0.3) is 0 Å². The molecule has 0 spiro atoms. The Morgan fingerprint density at radius 1 is 0.621 bits per heavy atom. The minimum atomic E-state index is 0.916. The number of rotatable bonds is 0. The van der Waals surface area contributed by atoms with Gasteiger partial charge in [0.05, 0.1) is 0 Å². The number of piperidine rings is 1. The van der Waals surface area contributed by atoms with Gasteiger partial charge in [0.25, 0.3) is 0 Å². The molecule has 3 heteroatoms.